The van der Waals surface area contributed by atoms with Crippen LogP contribution in [0.25, 0.3) is 11.1 Å². The fraction of sp³-hybridized carbons (Fsp3) is 0.292. The predicted molar refractivity (Wildman–Crippen MR) is 121 cm³/mol. The van der Waals surface area contributed by atoms with E-state index in [1.165, 1.54) is 32.1 Å². The number of hydrogen-bond acceptors (Lipinski definition) is 5. The molecule has 0 amide bonds. The summed E-state index contributed by atoms with van der Waals surface area (Å²) in [4.78, 5) is 8.51. The highest BCUT2D eigenvalue weighted by Crippen LogP contribution is 2.33. The summed E-state index contributed by atoms with van der Waals surface area (Å²) in [5.74, 6) is 0.829. The number of aromatic nitrogens is 2. The topological polar surface area (TPSA) is 73.6 Å². The van der Waals surface area contributed by atoms with Crippen molar-refractivity contribution in [3.05, 3.63) is 71.1 Å². The normalized spacial score (nSPS) is 14.1. The van der Waals surface area contributed by atoms with Crippen molar-refractivity contribution in [2.75, 3.05) is 10.6 Å². The zero-order valence-electron chi connectivity index (χ0n) is 16.7. The Labute approximate surface area is 182 Å². The Morgan fingerprint density at radius 3 is 2.63 bits per heavy atom. The molecule has 2 aromatic heterocycles. The summed E-state index contributed by atoms with van der Waals surface area (Å²) in [6, 6.07) is 14.4. The molecule has 0 aliphatic heterocycles. The average Bonchev–Trinajstić information content (AvgIpc) is 2.80. The first kappa shape index (κ1) is 20.2. The third-order valence-corrected chi connectivity index (χ3v) is 5.73. The lowest BCUT2D eigenvalue weighted by molar-refractivity contribution is 0.462. The number of hydrogen-bond donors (Lipinski definition) is 2. The van der Waals surface area contributed by atoms with Gasteiger partial charge in [-0.3, -0.25) is 4.98 Å². The molecule has 0 bridgehead atoms. The quantitative estimate of drug-likeness (QED) is 0.512. The summed E-state index contributed by atoms with van der Waals surface area (Å²) in [5, 5.41) is 17.0. The van der Waals surface area contributed by atoms with Crippen molar-refractivity contribution in [3.8, 4) is 17.2 Å². The molecule has 1 saturated carbocycles. The van der Waals surface area contributed by atoms with Gasteiger partial charge in [-0.25, -0.2) is 4.98 Å². The van der Waals surface area contributed by atoms with Gasteiger partial charge in [-0.2, -0.15) is 5.26 Å². The fourth-order valence-electron chi connectivity index (χ4n) is 3.85. The second-order valence-corrected chi connectivity index (χ2v) is 8.06. The molecule has 0 atom stereocenters. The fourth-order valence-corrected chi connectivity index (χ4v) is 4.06. The third kappa shape index (κ3) is 5.08. The van der Waals surface area contributed by atoms with Gasteiger partial charge < -0.3 is 10.6 Å². The Hall–Kier alpha value is -3.10. The number of nitrogens with zero attached hydrogens (tertiary/aromatic N) is 3. The zero-order valence-corrected chi connectivity index (χ0v) is 17.5. The van der Waals surface area contributed by atoms with E-state index in [0.29, 0.717) is 23.2 Å². The molecule has 6 heteroatoms. The van der Waals surface area contributed by atoms with Gasteiger partial charge in [0.25, 0.3) is 0 Å². The molecule has 2 N–H and O–H groups in total. The minimum Gasteiger partial charge on any atom is -0.381 e. The van der Waals surface area contributed by atoms with Crippen molar-refractivity contribution >= 4 is 23.1 Å². The standard InChI is InChI=1S/C24H24ClN5/c25-23-16-29-24(30-20-4-2-1-3-5-20)13-22(23)19-10-18(14-26)11-21(12-19)28-15-17-6-8-27-9-7-17/h6-13,16,20,28H,1-5,15H2,(H,29,30). The molecule has 0 radical (unpaired) electrons. The second kappa shape index (κ2) is 9.60. The molecule has 4 rings (SSSR count). The van der Waals surface area contributed by atoms with E-state index in [4.69, 9.17) is 11.6 Å². The minimum atomic E-state index is 0.461. The number of pyridine rings is 2. The molecule has 1 fully saturated rings. The van der Waals surface area contributed by atoms with Gasteiger partial charge in [0, 0.05) is 42.4 Å². The number of benzene rings is 1. The van der Waals surface area contributed by atoms with Crippen molar-refractivity contribution in [3.63, 3.8) is 0 Å². The summed E-state index contributed by atoms with van der Waals surface area (Å²) < 4.78 is 0. The predicted octanol–water partition coefficient (Wildman–Crippen LogP) is 6.03. The molecular formula is C24H24ClN5. The van der Waals surface area contributed by atoms with Crippen LogP contribution in [0.3, 0.4) is 0 Å². The highest BCUT2D eigenvalue weighted by molar-refractivity contribution is 6.33. The second-order valence-electron chi connectivity index (χ2n) is 7.65. The average molecular weight is 418 g/mol. The van der Waals surface area contributed by atoms with Gasteiger partial charge in [0.05, 0.1) is 16.7 Å². The molecule has 1 aliphatic carbocycles. The van der Waals surface area contributed by atoms with Crippen LogP contribution in [0.15, 0.2) is 55.0 Å². The molecule has 0 unspecified atom stereocenters. The van der Waals surface area contributed by atoms with Gasteiger partial charge in [0.1, 0.15) is 5.82 Å². The maximum Gasteiger partial charge on any atom is 0.126 e. The van der Waals surface area contributed by atoms with E-state index in [2.05, 4.69) is 26.7 Å². The largest absolute Gasteiger partial charge is 0.381 e. The maximum atomic E-state index is 9.52. The molecule has 0 saturated heterocycles. The molecule has 5 nitrogen and oxygen atoms in total. The summed E-state index contributed by atoms with van der Waals surface area (Å²) in [5.41, 5.74) is 4.34. The first-order valence-corrected chi connectivity index (χ1v) is 10.7. The van der Waals surface area contributed by atoms with Crippen LogP contribution >= 0.6 is 11.6 Å². The Kier molecular flexibility index (Phi) is 6.46. The van der Waals surface area contributed by atoms with Gasteiger partial charge in [-0.15, -0.1) is 0 Å². The van der Waals surface area contributed by atoms with Crippen LogP contribution in [0.1, 0.15) is 43.2 Å². The monoisotopic (exact) mass is 417 g/mol. The summed E-state index contributed by atoms with van der Waals surface area (Å²) in [7, 11) is 0. The van der Waals surface area contributed by atoms with E-state index in [0.717, 1.165) is 28.2 Å². The molecule has 3 aromatic rings. The number of nitriles is 1. The smallest absolute Gasteiger partial charge is 0.126 e. The Morgan fingerprint density at radius 1 is 1.07 bits per heavy atom. The van der Waals surface area contributed by atoms with Crippen LogP contribution in [0.4, 0.5) is 11.5 Å². The first-order chi connectivity index (χ1) is 14.7. The third-order valence-electron chi connectivity index (χ3n) is 5.43. The van der Waals surface area contributed by atoms with Crippen LogP contribution in [0.2, 0.25) is 5.02 Å². The minimum absolute atomic E-state index is 0.461. The molecule has 2 heterocycles. The van der Waals surface area contributed by atoms with Crippen molar-refractivity contribution in [2.24, 2.45) is 0 Å². The lowest BCUT2D eigenvalue weighted by atomic mass is 9.95. The highest BCUT2D eigenvalue weighted by atomic mass is 35.5. The van der Waals surface area contributed by atoms with Crippen LogP contribution in [-0.4, -0.2) is 16.0 Å². The van der Waals surface area contributed by atoms with Crippen molar-refractivity contribution < 1.29 is 0 Å². The van der Waals surface area contributed by atoms with Gasteiger partial charge >= 0.3 is 0 Å². The van der Waals surface area contributed by atoms with Crippen molar-refractivity contribution in [2.45, 2.75) is 44.7 Å². The van der Waals surface area contributed by atoms with E-state index >= 15 is 0 Å². The number of halogens is 1. The SMILES string of the molecule is N#Cc1cc(NCc2ccncc2)cc(-c2cc(NC3CCCCC3)ncc2Cl)c1. The molecule has 152 valence electrons. The van der Waals surface area contributed by atoms with Gasteiger partial charge in [0.15, 0.2) is 0 Å². The molecule has 1 aromatic carbocycles. The lowest BCUT2D eigenvalue weighted by Gasteiger charge is -2.23. The van der Waals surface area contributed by atoms with E-state index in [-0.39, 0.29) is 0 Å². The molecular weight excluding hydrogens is 394 g/mol. The first-order valence-electron chi connectivity index (χ1n) is 10.3. The number of anilines is 2. The zero-order chi connectivity index (χ0) is 20.8. The van der Waals surface area contributed by atoms with Crippen LogP contribution in [-0.2, 0) is 6.54 Å². The molecule has 0 spiro atoms. The number of rotatable bonds is 6. The van der Waals surface area contributed by atoms with Gasteiger partial charge in [0.2, 0.25) is 0 Å². The highest BCUT2D eigenvalue weighted by Gasteiger charge is 2.15. The summed E-state index contributed by atoms with van der Waals surface area (Å²) in [6.45, 7) is 0.648. The Morgan fingerprint density at radius 2 is 1.87 bits per heavy atom. The van der Waals surface area contributed by atoms with E-state index in [1.54, 1.807) is 18.6 Å². The van der Waals surface area contributed by atoms with Gasteiger partial charge in [-0.05, 0) is 60.4 Å². The van der Waals surface area contributed by atoms with Crippen LogP contribution in [0, 0.1) is 11.3 Å². The van der Waals surface area contributed by atoms with E-state index < -0.39 is 0 Å². The Balaban J connectivity index is 1.59. The summed E-state index contributed by atoms with van der Waals surface area (Å²) in [6.07, 6.45) is 11.4. The van der Waals surface area contributed by atoms with E-state index in [9.17, 15) is 5.26 Å². The van der Waals surface area contributed by atoms with Crippen molar-refractivity contribution in [1.29, 1.82) is 5.26 Å². The summed E-state index contributed by atoms with van der Waals surface area (Å²) >= 11 is 6.49. The van der Waals surface area contributed by atoms with E-state index in [1.807, 2.05) is 36.4 Å². The molecule has 30 heavy (non-hydrogen) atoms. The Bertz CT molecular complexity index is 1040. The lowest BCUT2D eigenvalue weighted by Crippen LogP contribution is -2.22. The van der Waals surface area contributed by atoms with Crippen LogP contribution < -0.4 is 10.6 Å². The van der Waals surface area contributed by atoms with Crippen LogP contribution in [0.5, 0.6) is 0 Å². The molecule has 1 aliphatic rings. The van der Waals surface area contributed by atoms with Crippen molar-refractivity contribution in [1.82, 2.24) is 9.97 Å². The maximum absolute atomic E-state index is 9.52. The van der Waals surface area contributed by atoms with Gasteiger partial charge in [-0.1, -0.05) is 30.9 Å². The number of nitrogens with one attached hydrogen (secondary N) is 2.